The van der Waals surface area contributed by atoms with Crippen molar-refractivity contribution in [1.29, 1.82) is 0 Å². The van der Waals surface area contributed by atoms with Gasteiger partial charge in [0.2, 0.25) is 0 Å². The summed E-state index contributed by atoms with van der Waals surface area (Å²) < 4.78 is 0. The molecule has 3 nitrogen and oxygen atoms in total. The summed E-state index contributed by atoms with van der Waals surface area (Å²) in [6.45, 7) is 9.02. The lowest BCUT2D eigenvalue weighted by Crippen LogP contribution is -2.61. The molecular formula is C12H29N3. The van der Waals surface area contributed by atoms with E-state index in [9.17, 15) is 0 Å². The zero-order chi connectivity index (χ0) is 12.1. The number of hydrazine groups is 1. The molecule has 3 N–H and O–H groups in total. The summed E-state index contributed by atoms with van der Waals surface area (Å²) in [6.07, 6.45) is 3.54. The van der Waals surface area contributed by atoms with Crippen molar-refractivity contribution in [2.45, 2.75) is 58.5 Å². The summed E-state index contributed by atoms with van der Waals surface area (Å²) in [5, 5.41) is 0. The average molecular weight is 215 g/mol. The van der Waals surface area contributed by atoms with Crippen LogP contribution in [-0.4, -0.2) is 30.6 Å². The quantitative estimate of drug-likeness (QED) is 0.504. The molecule has 0 amide bonds. The van der Waals surface area contributed by atoms with Gasteiger partial charge in [0.15, 0.2) is 0 Å². The van der Waals surface area contributed by atoms with Gasteiger partial charge < -0.3 is 4.90 Å². The first-order chi connectivity index (χ1) is 6.93. The van der Waals surface area contributed by atoms with Crippen molar-refractivity contribution in [3.63, 3.8) is 0 Å². The number of hydrogen-bond acceptors (Lipinski definition) is 3. The van der Waals surface area contributed by atoms with Crippen LogP contribution in [0.5, 0.6) is 0 Å². The van der Waals surface area contributed by atoms with Crippen molar-refractivity contribution >= 4 is 0 Å². The van der Waals surface area contributed by atoms with Gasteiger partial charge >= 0.3 is 0 Å². The Kier molecular flexibility index (Phi) is 6.41. The molecule has 0 spiro atoms. The molecule has 0 radical (unpaired) electrons. The van der Waals surface area contributed by atoms with Gasteiger partial charge in [-0.2, -0.15) is 0 Å². The van der Waals surface area contributed by atoms with E-state index in [0.29, 0.717) is 12.0 Å². The lowest BCUT2D eigenvalue weighted by Gasteiger charge is -2.45. The van der Waals surface area contributed by atoms with Crippen LogP contribution < -0.4 is 11.3 Å². The van der Waals surface area contributed by atoms with Gasteiger partial charge in [-0.3, -0.25) is 11.3 Å². The number of nitrogens with one attached hydrogen (secondary N) is 1. The Labute approximate surface area is 95.4 Å². The number of nitrogens with zero attached hydrogens (tertiary/aromatic N) is 1. The molecule has 0 aliphatic heterocycles. The molecule has 0 aliphatic rings. The molecule has 0 saturated carbocycles. The minimum Gasteiger partial charge on any atom is -0.302 e. The van der Waals surface area contributed by atoms with E-state index in [1.807, 2.05) is 0 Å². The first kappa shape index (κ1) is 14.9. The second-order valence-corrected chi connectivity index (χ2v) is 5.02. The van der Waals surface area contributed by atoms with Crippen LogP contribution in [0.25, 0.3) is 0 Å². The Morgan fingerprint density at radius 2 is 1.87 bits per heavy atom. The minimum atomic E-state index is 0.128. The van der Waals surface area contributed by atoms with E-state index < -0.39 is 0 Å². The molecule has 0 heterocycles. The molecule has 0 aromatic heterocycles. The Bertz CT molecular complexity index is 170. The normalized spacial score (nSPS) is 20.0. The van der Waals surface area contributed by atoms with Gasteiger partial charge in [-0.05, 0) is 39.8 Å². The van der Waals surface area contributed by atoms with Crippen LogP contribution in [-0.2, 0) is 0 Å². The highest BCUT2D eigenvalue weighted by Gasteiger charge is 2.36. The number of rotatable bonds is 7. The topological polar surface area (TPSA) is 41.3 Å². The first-order valence-corrected chi connectivity index (χ1v) is 6.07. The summed E-state index contributed by atoms with van der Waals surface area (Å²) in [7, 11) is 4.26. The summed E-state index contributed by atoms with van der Waals surface area (Å²) >= 11 is 0. The standard InChI is InChI=1S/C12H29N3/c1-7-9-10(3)11(14-13)12(4,8-2)15(5)6/h10-11,14H,7-9,13H2,1-6H3. The van der Waals surface area contributed by atoms with Crippen LogP contribution >= 0.6 is 0 Å². The molecule has 3 heteroatoms. The third-order valence-corrected chi connectivity index (χ3v) is 3.90. The van der Waals surface area contributed by atoms with Crippen molar-refractivity contribution in [2.24, 2.45) is 11.8 Å². The van der Waals surface area contributed by atoms with Crippen LogP contribution in [0.1, 0.15) is 47.0 Å². The number of nitrogens with two attached hydrogens (primary N) is 1. The van der Waals surface area contributed by atoms with Gasteiger partial charge in [0.1, 0.15) is 0 Å². The van der Waals surface area contributed by atoms with Crippen molar-refractivity contribution in [3.05, 3.63) is 0 Å². The predicted molar refractivity (Wildman–Crippen MR) is 67.6 cm³/mol. The summed E-state index contributed by atoms with van der Waals surface area (Å²) in [4.78, 5) is 2.28. The highest BCUT2D eigenvalue weighted by atomic mass is 15.3. The molecule has 92 valence electrons. The third kappa shape index (κ3) is 3.44. The van der Waals surface area contributed by atoms with E-state index in [1.165, 1.54) is 12.8 Å². The van der Waals surface area contributed by atoms with Gasteiger partial charge in [-0.15, -0.1) is 0 Å². The van der Waals surface area contributed by atoms with Crippen LogP contribution in [0.4, 0.5) is 0 Å². The molecule has 15 heavy (non-hydrogen) atoms. The fraction of sp³-hybridized carbons (Fsp3) is 1.00. The van der Waals surface area contributed by atoms with Crippen molar-refractivity contribution < 1.29 is 0 Å². The van der Waals surface area contributed by atoms with E-state index in [0.717, 1.165) is 6.42 Å². The second-order valence-electron chi connectivity index (χ2n) is 5.02. The maximum absolute atomic E-state index is 5.73. The van der Waals surface area contributed by atoms with E-state index in [4.69, 9.17) is 5.84 Å². The zero-order valence-electron chi connectivity index (χ0n) is 11.3. The first-order valence-electron chi connectivity index (χ1n) is 6.07. The molecule has 0 fully saturated rings. The van der Waals surface area contributed by atoms with Gasteiger partial charge in [0.25, 0.3) is 0 Å². The summed E-state index contributed by atoms with van der Waals surface area (Å²) in [5.41, 5.74) is 3.15. The molecule has 3 atom stereocenters. The fourth-order valence-electron chi connectivity index (χ4n) is 2.39. The van der Waals surface area contributed by atoms with Gasteiger partial charge in [0, 0.05) is 11.6 Å². The second kappa shape index (κ2) is 6.46. The summed E-state index contributed by atoms with van der Waals surface area (Å²) in [6, 6.07) is 0.345. The molecule has 0 aromatic rings. The molecular weight excluding hydrogens is 186 g/mol. The maximum Gasteiger partial charge on any atom is 0.0417 e. The fourth-order valence-corrected chi connectivity index (χ4v) is 2.39. The highest BCUT2D eigenvalue weighted by Crippen LogP contribution is 2.27. The SMILES string of the molecule is CCCC(C)C(NN)C(C)(CC)N(C)C. The molecule has 0 aliphatic carbocycles. The molecule has 0 saturated heterocycles. The Balaban J connectivity index is 4.74. The van der Waals surface area contributed by atoms with Gasteiger partial charge in [-0.25, -0.2) is 0 Å². The summed E-state index contributed by atoms with van der Waals surface area (Å²) in [5.74, 6) is 6.33. The predicted octanol–water partition coefficient (Wildman–Crippen LogP) is 1.98. The smallest absolute Gasteiger partial charge is 0.0417 e. The monoisotopic (exact) mass is 215 g/mol. The maximum atomic E-state index is 5.73. The molecule has 0 bridgehead atoms. The van der Waals surface area contributed by atoms with E-state index in [2.05, 4.69) is 52.1 Å². The van der Waals surface area contributed by atoms with Crippen LogP contribution in [0, 0.1) is 5.92 Å². The molecule has 3 unspecified atom stereocenters. The Morgan fingerprint density at radius 1 is 1.33 bits per heavy atom. The van der Waals surface area contributed by atoms with Gasteiger partial charge in [0.05, 0.1) is 0 Å². The lowest BCUT2D eigenvalue weighted by molar-refractivity contribution is 0.0821. The molecule has 0 aromatic carbocycles. The Hall–Kier alpha value is -0.120. The zero-order valence-corrected chi connectivity index (χ0v) is 11.3. The van der Waals surface area contributed by atoms with E-state index >= 15 is 0 Å². The van der Waals surface area contributed by atoms with Crippen molar-refractivity contribution in [1.82, 2.24) is 10.3 Å². The average Bonchev–Trinajstić information content (AvgIpc) is 2.18. The van der Waals surface area contributed by atoms with E-state index in [1.54, 1.807) is 0 Å². The van der Waals surface area contributed by atoms with Gasteiger partial charge in [-0.1, -0.05) is 27.2 Å². The molecule has 0 rings (SSSR count). The largest absolute Gasteiger partial charge is 0.302 e. The number of likely N-dealkylation sites (N-methyl/N-ethyl adjacent to an activating group) is 1. The number of hydrogen-bond donors (Lipinski definition) is 2. The van der Waals surface area contributed by atoms with Crippen molar-refractivity contribution in [2.75, 3.05) is 14.1 Å². The van der Waals surface area contributed by atoms with E-state index in [-0.39, 0.29) is 5.54 Å². The van der Waals surface area contributed by atoms with Crippen molar-refractivity contribution in [3.8, 4) is 0 Å². The Morgan fingerprint density at radius 3 is 2.13 bits per heavy atom. The van der Waals surface area contributed by atoms with Crippen LogP contribution in [0.15, 0.2) is 0 Å². The van der Waals surface area contributed by atoms with Crippen LogP contribution in [0.3, 0.4) is 0 Å². The lowest BCUT2D eigenvalue weighted by atomic mass is 9.79. The minimum absolute atomic E-state index is 0.128. The van der Waals surface area contributed by atoms with Crippen LogP contribution in [0.2, 0.25) is 0 Å². The highest BCUT2D eigenvalue weighted by molar-refractivity contribution is 4.95. The third-order valence-electron chi connectivity index (χ3n) is 3.90.